The molecule has 3 heteroatoms. The van der Waals surface area contributed by atoms with Gasteiger partial charge in [0, 0.05) is 0 Å². The number of hydrogen-bond donors (Lipinski definition) is 1. The minimum atomic E-state index is -1.95. The molecular formula is C18H38O2Si. The van der Waals surface area contributed by atoms with E-state index < -0.39 is 14.4 Å². The van der Waals surface area contributed by atoms with Gasteiger partial charge in [-0.1, -0.05) is 73.8 Å². The zero-order valence-electron chi connectivity index (χ0n) is 15.4. The normalized spacial score (nSPS) is 15.8. The second-order valence-corrected chi connectivity index (χ2v) is 12.6. The summed E-state index contributed by atoms with van der Waals surface area (Å²) in [5.41, 5.74) is 1.59. The molecule has 21 heavy (non-hydrogen) atoms. The van der Waals surface area contributed by atoms with Crippen LogP contribution in [0.1, 0.15) is 74.1 Å². The number of unbranched alkanes of at least 4 members (excludes halogenated alkanes) is 2. The number of aliphatic hydroxyl groups excluding tert-OH is 1. The summed E-state index contributed by atoms with van der Waals surface area (Å²) in [5, 5.41) is 10.5. The Kier molecular flexibility index (Phi) is 9.75. The second kappa shape index (κ2) is 9.81. The Bertz CT molecular complexity index is 265. The molecule has 0 saturated heterocycles. The van der Waals surface area contributed by atoms with Crippen molar-refractivity contribution in [3.63, 3.8) is 0 Å². The zero-order valence-corrected chi connectivity index (χ0v) is 16.4. The predicted octanol–water partition coefficient (Wildman–Crippen LogP) is 5.67. The van der Waals surface area contributed by atoms with E-state index in [0.717, 1.165) is 12.8 Å². The Morgan fingerprint density at radius 1 is 1.00 bits per heavy atom. The van der Waals surface area contributed by atoms with Gasteiger partial charge < -0.3 is 9.53 Å². The molecule has 0 amide bonds. The highest BCUT2D eigenvalue weighted by molar-refractivity contribution is 6.77. The summed E-state index contributed by atoms with van der Waals surface area (Å²) < 4.78 is 6.63. The Morgan fingerprint density at radius 2 is 1.48 bits per heavy atom. The van der Waals surface area contributed by atoms with E-state index >= 15 is 0 Å². The van der Waals surface area contributed by atoms with Crippen LogP contribution in [0.5, 0.6) is 0 Å². The third kappa shape index (κ3) is 5.54. The van der Waals surface area contributed by atoms with E-state index in [4.69, 9.17) is 4.43 Å². The van der Waals surface area contributed by atoms with E-state index in [0.29, 0.717) is 16.6 Å². The molecule has 0 aromatic rings. The van der Waals surface area contributed by atoms with Gasteiger partial charge in [0.1, 0.15) is 0 Å². The molecule has 2 atom stereocenters. The fourth-order valence-electron chi connectivity index (χ4n) is 3.70. The minimum Gasteiger partial charge on any atom is -0.407 e. The number of hydrogen-bond acceptors (Lipinski definition) is 2. The van der Waals surface area contributed by atoms with Gasteiger partial charge in [-0.25, -0.2) is 0 Å². The quantitative estimate of drug-likeness (QED) is 0.302. The molecule has 0 rings (SSSR count). The van der Waals surface area contributed by atoms with Gasteiger partial charge in [0.15, 0.2) is 0 Å². The van der Waals surface area contributed by atoms with Crippen molar-refractivity contribution in [3.8, 4) is 0 Å². The molecule has 0 heterocycles. The van der Waals surface area contributed by atoms with Gasteiger partial charge in [0.25, 0.3) is 0 Å². The van der Waals surface area contributed by atoms with Crippen molar-refractivity contribution in [2.75, 3.05) is 0 Å². The maximum absolute atomic E-state index is 10.5. The van der Waals surface area contributed by atoms with Crippen molar-refractivity contribution in [3.05, 3.63) is 12.7 Å². The van der Waals surface area contributed by atoms with Gasteiger partial charge in [-0.05, 0) is 23.0 Å². The average molecular weight is 315 g/mol. The summed E-state index contributed by atoms with van der Waals surface area (Å²) in [4.78, 5) is 0. The zero-order chi connectivity index (χ0) is 16.6. The van der Waals surface area contributed by atoms with Crippen LogP contribution in [-0.2, 0) is 4.43 Å². The molecule has 0 aromatic carbocycles. The minimum absolute atomic E-state index is 0.222. The monoisotopic (exact) mass is 314 g/mol. The summed E-state index contributed by atoms with van der Waals surface area (Å²) in [6.45, 7) is 19.7. The van der Waals surface area contributed by atoms with Crippen LogP contribution in [0.4, 0.5) is 0 Å². The van der Waals surface area contributed by atoms with Crippen molar-refractivity contribution in [2.45, 2.75) is 103 Å². The van der Waals surface area contributed by atoms with Crippen LogP contribution in [0.2, 0.25) is 16.6 Å². The van der Waals surface area contributed by atoms with E-state index in [9.17, 15) is 5.11 Å². The first-order valence-corrected chi connectivity index (χ1v) is 10.9. The first-order valence-electron chi connectivity index (χ1n) is 8.72. The first-order chi connectivity index (χ1) is 9.73. The number of aliphatic hydroxyl groups is 1. The highest BCUT2D eigenvalue weighted by atomic mass is 28.4. The molecule has 0 aliphatic rings. The average Bonchev–Trinajstić information content (AvgIpc) is 2.38. The third-order valence-electron chi connectivity index (χ3n) is 4.76. The van der Waals surface area contributed by atoms with Gasteiger partial charge in [-0.3, -0.25) is 0 Å². The maximum Gasteiger partial charge on any atom is 0.201 e. The van der Waals surface area contributed by atoms with Crippen LogP contribution in [0, 0.1) is 0 Å². The van der Waals surface area contributed by atoms with Crippen LogP contribution < -0.4 is 0 Å². The standard InChI is InChI=1S/C18H38O2Si/c1-9-11-12-13-17(19)18(10-2)20-21(14(3)4,15(5)6)16(7)8/h10,14-19H,2,9,11-13H2,1,3-8H3. The Hall–Kier alpha value is -0.123. The maximum atomic E-state index is 10.5. The second-order valence-electron chi connectivity index (χ2n) is 7.20. The molecule has 1 N–H and O–H groups in total. The topological polar surface area (TPSA) is 29.5 Å². The van der Waals surface area contributed by atoms with E-state index in [1.807, 2.05) is 6.08 Å². The van der Waals surface area contributed by atoms with E-state index in [-0.39, 0.29) is 6.10 Å². The van der Waals surface area contributed by atoms with E-state index in [1.54, 1.807) is 0 Å². The van der Waals surface area contributed by atoms with Gasteiger partial charge in [-0.15, -0.1) is 6.58 Å². The molecule has 0 aliphatic carbocycles. The molecule has 0 bridgehead atoms. The molecule has 0 aliphatic heterocycles. The third-order valence-corrected chi connectivity index (χ3v) is 10.9. The largest absolute Gasteiger partial charge is 0.407 e. The van der Waals surface area contributed by atoms with Crippen LogP contribution in [-0.4, -0.2) is 25.6 Å². The molecule has 126 valence electrons. The Balaban J connectivity index is 5.06. The van der Waals surface area contributed by atoms with Crippen LogP contribution in [0.3, 0.4) is 0 Å². The lowest BCUT2D eigenvalue weighted by atomic mass is 10.1. The molecule has 0 fully saturated rings. The van der Waals surface area contributed by atoms with Crippen molar-refractivity contribution in [1.29, 1.82) is 0 Å². The molecule has 0 saturated carbocycles. The lowest BCUT2D eigenvalue weighted by molar-refractivity contribution is 0.0458. The summed E-state index contributed by atoms with van der Waals surface area (Å²) in [6, 6.07) is 0. The fourth-order valence-corrected chi connectivity index (χ4v) is 9.24. The van der Waals surface area contributed by atoms with Gasteiger partial charge >= 0.3 is 0 Å². The predicted molar refractivity (Wildman–Crippen MR) is 96.3 cm³/mol. The summed E-state index contributed by atoms with van der Waals surface area (Å²) in [5.74, 6) is 0. The highest BCUT2D eigenvalue weighted by Crippen LogP contribution is 2.43. The van der Waals surface area contributed by atoms with Crippen LogP contribution in [0.25, 0.3) is 0 Å². The Morgan fingerprint density at radius 3 is 1.81 bits per heavy atom. The molecule has 0 aromatic heterocycles. The van der Waals surface area contributed by atoms with Crippen molar-refractivity contribution in [2.24, 2.45) is 0 Å². The van der Waals surface area contributed by atoms with Gasteiger partial charge in [0.05, 0.1) is 12.2 Å². The smallest absolute Gasteiger partial charge is 0.201 e. The summed E-state index contributed by atoms with van der Waals surface area (Å²) in [7, 11) is -1.95. The Labute approximate surface area is 134 Å². The molecule has 2 nitrogen and oxygen atoms in total. The van der Waals surface area contributed by atoms with Gasteiger partial charge in [-0.2, -0.15) is 0 Å². The van der Waals surface area contributed by atoms with Crippen molar-refractivity contribution in [1.82, 2.24) is 0 Å². The summed E-state index contributed by atoms with van der Waals surface area (Å²) >= 11 is 0. The van der Waals surface area contributed by atoms with E-state index in [1.165, 1.54) is 12.8 Å². The highest BCUT2D eigenvalue weighted by Gasteiger charge is 2.46. The molecule has 2 unspecified atom stereocenters. The fraction of sp³-hybridized carbons (Fsp3) is 0.889. The number of rotatable bonds is 11. The first kappa shape index (κ1) is 20.9. The summed E-state index contributed by atoms with van der Waals surface area (Å²) in [6.07, 6.45) is 5.38. The molecule has 0 spiro atoms. The lowest BCUT2D eigenvalue weighted by Gasteiger charge is -2.45. The van der Waals surface area contributed by atoms with E-state index in [2.05, 4.69) is 55.0 Å². The van der Waals surface area contributed by atoms with Crippen molar-refractivity contribution < 1.29 is 9.53 Å². The van der Waals surface area contributed by atoms with Gasteiger partial charge in [0.2, 0.25) is 8.32 Å². The molecule has 0 radical (unpaired) electrons. The lowest BCUT2D eigenvalue weighted by Crippen LogP contribution is -2.51. The van der Waals surface area contributed by atoms with Crippen LogP contribution in [0.15, 0.2) is 12.7 Å². The van der Waals surface area contributed by atoms with Crippen LogP contribution >= 0.6 is 0 Å². The molecular weight excluding hydrogens is 276 g/mol. The van der Waals surface area contributed by atoms with Crippen molar-refractivity contribution >= 4 is 8.32 Å². The SMILES string of the molecule is C=CC(O[Si](C(C)C)(C(C)C)C(C)C)C(O)CCCCC.